The first-order valence-electron chi connectivity index (χ1n) is 7.33. The van der Waals surface area contributed by atoms with Crippen molar-refractivity contribution in [3.63, 3.8) is 0 Å². The zero-order valence-corrected chi connectivity index (χ0v) is 14.9. The van der Waals surface area contributed by atoms with E-state index in [2.05, 4.69) is 28.2 Å². The van der Waals surface area contributed by atoms with Gasteiger partial charge in [0.2, 0.25) is 0 Å². The van der Waals surface area contributed by atoms with Crippen LogP contribution in [0.4, 0.5) is 0 Å². The van der Waals surface area contributed by atoms with Crippen molar-refractivity contribution in [1.82, 2.24) is 10.2 Å². The molecule has 1 aromatic carbocycles. The molecule has 0 spiro atoms. The lowest BCUT2D eigenvalue weighted by molar-refractivity contribution is -0.133. The van der Waals surface area contributed by atoms with Gasteiger partial charge in [0, 0.05) is 29.7 Å². The van der Waals surface area contributed by atoms with Crippen LogP contribution >= 0.6 is 15.9 Å². The molecule has 4 nitrogen and oxygen atoms in total. The molecule has 0 heterocycles. The van der Waals surface area contributed by atoms with Gasteiger partial charge in [-0.3, -0.25) is 4.79 Å². The minimum Gasteiger partial charge on any atom is -0.483 e. The number of nitrogens with one attached hydrogen (secondary N) is 1. The summed E-state index contributed by atoms with van der Waals surface area (Å²) in [4.78, 5) is 13.7. The Morgan fingerprint density at radius 1 is 1.43 bits per heavy atom. The van der Waals surface area contributed by atoms with Crippen molar-refractivity contribution in [3.05, 3.63) is 28.2 Å². The Bertz CT molecular complexity index is 464. The van der Waals surface area contributed by atoms with Gasteiger partial charge < -0.3 is 15.0 Å². The van der Waals surface area contributed by atoms with Crippen LogP contribution in [-0.4, -0.2) is 37.0 Å². The standard InChI is InChI=1S/C16H25BrN2O2/c1-5-8-18-10-13-9-14(17)6-7-15(13)21-11-16(20)19(4)12(2)3/h6-7,9,12,18H,5,8,10-11H2,1-4H3. The lowest BCUT2D eigenvalue weighted by Gasteiger charge is -2.22. The van der Waals surface area contributed by atoms with E-state index in [1.807, 2.05) is 32.0 Å². The van der Waals surface area contributed by atoms with Gasteiger partial charge in [-0.15, -0.1) is 0 Å². The summed E-state index contributed by atoms with van der Waals surface area (Å²) in [7, 11) is 1.79. The van der Waals surface area contributed by atoms with Gasteiger partial charge in [0.1, 0.15) is 5.75 Å². The van der Waals surface area contributed by atoms with Crippen molar-refractivity contribution in [3.8, 4) is 5.75 Å². The maximum Gasteiger partial charge on any atom is 0.260 e. The van der Waals surface area contributed by atoms with Crippen LogP contribution in [0.1, 0.15) is 32.8 Å². The van der Waals surface area contributed by atoms with Gasteiger partial charge in [0.05, 0.1) is 0 Å². The van der Waals surface area contributed by atoms with Crippen molar-refractivity contribution in [2.75, 3.05) is 20.2 Å². The molecule has 118 valence electrons. The zero-order chi connectivity index (χ0) is 15.8. The number of benzene rings is 1. The minimum atomic E-state index is -0.0135. The average molecular weight is 357 g/mol. The van der Waals surface area contributed by atoms with E-state index in [1.165, 1.54) is 0 Å². The number of likely N-dealkylation sites (N-methyl/N-ethyl adjacent to an activating group) is 1. The van der Waals surface area contributed by atoms with E-state index < -0.39 is 0 Å². The molecule has 0 bridgehead atoms. The molecule has 0 aliphatic heterocycles. The molecule has 0 unspecified atom stereocenters. The summed E-state index contributed by atoms with van der Waals surface area (Å²) < 4.78 is 6.71. The first-order chi connectivity index (χ1) is 9.95. The molecule has 0 aliphatic rings. The third-order valence-electron chi connectivity index (χ3n) is 3.28. The first-order valence-corrected chi connectivity index (χ1v) is 8.12. The quantitative estimate of drug-likeness (QED) is 0.727. The Hall–Kier alpha value is -1.07. The van der Waals surface area contributed by atoms with Crippen LogP contribution in [0.2, 0.25) is 0 Å². The summed E-state index contributed by atoms with van der Waals surface area (Å²) in [5.74, 6) is 0.743. The Morgan fingerprint density at radius 3 is 2.76 bits per heavy atom. The molecule has 0 saturated carbocycles. The first kappa shape index (κ1) is 18.0. The normalized spacial score (nSPS) is 10.8. The second-order valence-corrected chi connectivity index (χ2v) is 6.23. The maximum absolute atomic E-state index is 12.0. The van der Waals surface area contributed by atoms with Gasteiger partial charge in [0.15, 0.2) is 6.61 Å². The highest BCUT2D eigenvalue weighted by Crippen LogP contribution is 2.23. The number of nitrogens with zero attached hydrogens (tertiary/aromatic N) is 1. The molecule has 1 aromatic rings. The topological polar surface area (TPSA) is 41.6 Å². The average Bonchev–Trinajstić information content (AvgIpc) is 2.45. The van der Waals surface area contributed by atoms with Crippen LogP contribution in [0.15, 0.2) is 22.7 Å². The number of amides is 1. The SMILES string of the molecule is CCCNCc1cc(Br)ccc1OCC(=O)N(C)C(C)C. The van der Waals surface area contributed by atoms with Gasteiger partial charge in [0.25, 0.3) is 5.91 Å². The van der Waals surface area contributed by atoms with Crippen molar-refractivity contribution >= 4 is 21.8 Å². The maximum atomic E-state index is 12.0. The molecule has 21 heavy (non-hydrogen) atoms. The monoisotopic (exact) mass is 356 g/mol. The fourth-order valence-corrected chi connectivity index (χ4v) is 2.16. The second-order valence-electron chi connectivity index (χ2n) is 5.32. The summed E-state index contributed by atoms with van der Waals surface area (Å²) >= 11 is 3.47. The molecule has 0 saturated heterocycles. The molecule has 0 fully saturated rings. The predicted octanol–water partition coefficient (Wildman–Crippen LogP) is 3.19. The van der Waals surface area contributed by atoms with Gasteiger partial charge >= 0.3 is 0 Å². The number of carbonyl (C=O) groups excluding carboxylic acids is 1. The molecular formula is C16H25BrN2O2. The van der Waals surface area contributed by atoms with Crippen LogP contribution in [0, 0.1) is 0 Å². The Balaban J connectivity index is 2.67. The lowest BCUT2D eigenvalue weighted by atomic mass is 10.2. The fraction of sp³-hybridized carbons (Fsp3) is 0.562. The number of halogens is 1. The highest BCUT2D eigenvalue weighted by atomic mass is 79.9. The van der Waals surface area contributed by atoms with E-state index in [1.54, 1.807) is 11.9 Å². The van der Waals surface area contributed by atoms with Gasteiger partial charge in [-0.2, -0.15) is 0 Å². The summed E-state index contributed by atoms with van der Waals surface area (Å²) in [5, 5.41) is 3.35. The lowest BCUT2D eigenvalue weighted by Crippen LogP contribution is -2.36. The summed E-state index contributed by atoms with van der Waals surface area (Å²) in [6.45, 7) is 7.86. The molecule has 1 amide bonds. The van der Waals surface area contributed by atoms with Crippen LogP contribution < -0.4 is 10.1 Å². The van der Waals surface area contributed by atoms with Gasteiger partial charge in [-0.1, -0.05) is 22.9 Å². The molecular weight excluding hydrogens is 332 g/mol. The Morgan fingerprint density at radius 2 is 2.14 bits per heavy atom. The summed E-state index contributed by atoms with van der Waals surface area (Å²) in [5.41, 5.74) is 1.05. The van der Waals surface area contributed by atoms with Gasteiger partial charge in [-0.05, 0) is 45.0 Å². The number of ether oxygens (including phenoxy) is 1. The van der Waals surface area contributed by atoms with Crippen molar-refractivity contribution in [2.24, 2.45) is 0 Å². The van der Waals surface area contributed by atoms with Crippen LogP contribution in [0.3, 0.4) is 0 Å². The molecule has 1 rings (SSSR count). The second kappa shape index (κ2) is 9.05. The Labute approximate surface area is 136 Å². The molecule has 0 aromatic heterocycles. The largest absolute Gasteiger partial charge is 0.483 e. The van der Waals surface area contributed by atoms with Crippen molar-refractivity contribution < 1.29 is 9.53 Å². The number of hydrogen-bond acceptors (Lipinski definition) is 3. The summed E-state index contributed by atoms with van der Waals surface area (Å²) in [6.07, 6.45) is 1.09. The van der Waals surface area contributed by atoms with E-state index in [0.29, 0.717) is 0 Å². The Kier molecular flexibility index (Phi) is 7.75. The summed E-state index contributed by atoms with van der Waals surface area (Å²) in [6, 6.07) is 6.02. The van der Waals surface area contributed by atoms with Crippen molar-refractivity contribution in [2.45, 2.75) is 39.8 Å². The van der Waals surface area contributed by atoms with Gasteiger partial charge in [-0.25, -0.2) is 0 Å². The predicted molar refractivity (Wildman–Crippen MR) is 89.5 cm³/mol. The molecule has 0 radical (unpaired) electrons. The molecule has 0 atom stereocenters. The number of hydrogen-bond donors (Lipinski definition) is 1. The smallest absolute Gasteiger partial charge is 0.260 e. The molecule has 1 N–H and O–H groups in total. The third kappa shape index (κ3) is 6.06. The van der Waals surface area contributed by atoms with Crippen LogP contribution in [0.25, 0.3) is 0 Å². The van der Waals surface area contributed by atoms with Crippen molar-refractivity contribution in [1.29, 1.82) is 0 Å². The van der Waals surface area contributed by atoms with E-state index >= 15 is 0 Å². The highest BCUT2D eigenvalue weighted by Gasteiger charge is 2.13. The van der Waals surface area contributed by atoms with E-state index in [9.17, 15) is 4.79 Å². The van der Waals surface area contributed by atoms with Crippen LogP contribution in [0.5, 0.6) is 5.75 Å². The minimum absolute atomic E-state index is 0.0135. The fourth-order valence-electron chi connectivity index (χ4n) is 1.76. The molecule has 5 heteroatoms. The van der Waals surface area contributed by atoms with E-state index in [4.69, 9.17) is 4.74 Å². The van der Waals surface area contributed by atoms with Crippen LogP contribution in [-0.2, 0) is 11.3 Å². The number of rotatable bonds is 8. The van der Waals surface area contributed by atoms with E-state index in [0.717, 1.165) is 35.3 Å². The zero-order valence-electron chi connectivity index (χ0n) is 13.3. The van der Waals surface area contributed by atoms with E-state index in [-0.39, 0.29) is 18.6 Å². The third-order valence-corrected chi connectivity index (χ3v) is 3.78. The highest BCUT2D eigenvalue weighted by molar-refractivity contribution is 9.10. The number of carbonyl (C=O) groups is 1. The molecule has 0 aliphatic carbocycles.